The predicted octanol–water partition coefficient (Wildman–Crippen LogP) is 0.419. The van der Waals surface area contributed by atoms with E-state index in [1.807, 2.05) is 18.2 Å². The van der Waals surface area contributed by atoms with E-state index in [0.29, 0.717) is 13.0 Å². The Hall–Kier alpha value is -2.08. The minimum atomic E-state index is -0.907. The number of amides is 1. The number of carbonyl (C=O) groups is 2. The van der Waals surface area contributed by atoms with Gasteiger partial charge in [-0.3, -0.25) is 9.59 Å². The monoisotopic (exact) mass is 263 g/mol. The molecule has 1 aliphatic heterocycles. The van der Waals surface area contributed by atoms with Gasteiger partial charge in [-0.15, -0.1) is 0 Å². The molecule has 0 bridgehead atoms. The lowest BCUT2D eigenvalue weighted by Crippen LogP contribution is -2.31. The molecule has 1 heterocycles. The highest BCUT2D eigenvalue weighted by molar-refractivity contribution is 6.01. The van der Waals surface area contributed by atoms with E-state index in [4.69, 9.17) is 10.8 Å². The highest BCUT2D eigenvalue weighted by Crippen LogP contribution is 2.29. The minimum absolute atomic E-state index is 0.0703. The van der Waals surface area contributed by atoms with Crippen LogP contribution in [0.25, 0.3) is 0 Å². The number of nitrogens with two attached hydrogens (primary N) is 1. The summed E-state index contributed by atoms with van der Waals surface area (Å²) in [5.74, 6) is -0.829. The zero-order chi connectivity index (χ0) is 14.0. The quantitative estimate of drug-likeness (QED) is 0.715. The lowest BCUT2D eigenvalue weighted by molar-refractivity contribution is -0.137. The normalized spacial score (nSPS) is 15.3. The number of aliphatic carboxylic acids is 1. The Morgan fingerprint density at radius 2 is 2.32 bits per heavy atom. The molecule has 0 aromatic heterocycles. The zero-order valence-corrected chi connectivity index (χ0v) is 10.7. The highest BCUT2D eigenvalue weighted by Gasteiger charge is 2.23. The van der Waals surface area contributed by atoms with Gasteiger partial charge in [0.2, 0.25) is 5.91 Å². The average Bonchev–Trinajstić information content (AvgIpc) is 2.61. The van der Waals surface area contributed by atoms with Gasteiger partial charge in [0.05, 0.1) is 12.8 Å². The Bertz CT molecular complexity index is 516. The number of carboxylic acids is 1. The number of rotatable bonds is 5. The molecule has 1 aromatic rings. The summed E-state index contributed by atoms with van der Waals surface area (Å²) in [5, 5.41) is 11.7. The fourth-order valence-electron chi connectivity index (χ4n) is 2.13. The van der Waals surface area contributed by atoms with Crippen LogP contribution in [0, 0.1) is 0 Å². The van der Waals surface area contributed by atoms with Gasteiger partial charge in [-0.25, -0.2) is 0 Å². The Labute approximate surface area is 111 Å². The molecule has 1 aromatic carbocycles. The van der Waals surface area contributed by atoms with Crippen molar-refractivity contribution in [2.24, 2.45) is 5.73 Å². The first-order valence-corrected chi connectivity index (χ1v) is 6.08. The molecule has 1 aliphatic rings. The Morgan fingerprint density at radius 1 is 1.58 bits per heavy atom. The van der Waals surface area contributed by atoms with Crippen LogP contribution in [0.15, 0.2) is 18.2 Å². The molecule has 1 atom stereocenters. The van der Waals surface area contributed by atoms with Crippen LogP contribution in [0.4, 0.5) is 11.4 Å². The van der Waals surface area contributed by atoms with Gasteiger partial charge in [0.15, 0.2) is 0 Å². The Kier molecular flexibility index (Phi) is 3.71. The van der Waals surface area contributed by atoms with Gasteiger partial charge in [-0.2, -0.15) is 0 Å². The molecule has 102 valence electrons. The van der Waals surface area contributed by atoms with E-state index in [-0.39, 0.29) is 12.3 Å². The van der Waals surface area contributed by atoms with E-state index in [9.17, 15) is 9.59 Å². The molecule has 0 saturated heterocycles. The first-order chi connectivity index (χ1) is 8.97. The fourth-order valence-corrected chi connectivity index (χ4v) is 2.13. The van der Waals surface area contributed by atoms with Gasteiger partial charge in [-0.1, -0.05) is 0 Å². The first kappa shape index (κ1) is 13.4. The van der Waals surface area contributed by atoms with E-state index in [1.54, 1.807) is 11.9 Å². The molecule has 1 unspecified atom stereocenters. The summed E-state index contributed by atoms with van der Waals surface area (Å²) in [5.41, 5.74) is 8.42. The van der Waals surface area contributed by atoms with Crippen molar-refractivity contribution in [3.63, 3.8) is 0 Å². The lowest BCUT2D eigenvalue weighted by atomic mass is 10.1. The molecule has 0 aliphatic carbocycles. The fraction of sp³-hybridized carbons (Fsp3) is 0.385. The van der Waals surface area contributed by atoms with E-state index in [2.05, 4.69) is 5.32 Å². The van der Waals surface area contributed by atoms with E-state index in [1.165, 1.54) is 0 Å². The zero-order valence-electron chi connectivity index (χ0n) is 10.7. The van der Waals surface area contributed by atoms with Crippen molar-refractivity contribution in [2.45, 2.75) is 18.9 Å². The van der Waals surface area contributed by atoms with E-state index in [0.717, 1.165) is 16.9 Å². The summed E-state index contributed by atoms with van der Waals surface area (Å²) in [7, 11) is 1.75. The number of fused-ring (bicyclic) bond motifs is 1. The maximum atomic E-state index is 11.5. The summed E-state index contributed by atoms with van der Waals surface area (Å²) >= 11 is 0. The van der Waals surface area contributed by atoms with Crippen LogP contribution in [0.1, 0.15) is 12.0 Å². The van der Waals surface area contributed by atoms with Crippen LogP contribution in [0.3, 0.4) is 0 Å². The van der Waals surface area contributed by atoms with Crippen LogP contribution >= 0.6 is 0 Å². The number of benzene rings is 1. The molecule has 19 heavy (non-hydrogen) atoms. The molecule has 1 amide bonds. The van der Waals surface area contributed by atoms with Gasteiger partial charge in [-0.05, 0) is 23.8 Å². The van der Waals surface area contributed by atoms with Gasteiger partial charge in [0.1, 0.15) is 0 Å². The second-order valence-corrected chi connectivity index (χ2v) is 4.71. The van der Waals surface area contributed by atoms with Crippen molar-refractivity contribution >= 4 is 23.3 Å². The van der Waals surface area contributed by atoms with Gasteiger partial charge >= 0.3 is 5.97 Å². The third-order valence-corrected chi connectivity index (χ3v) is 3.16. The molecule has 2 rings (SSSR count). The molecular weight excluding hydrogens is 246 g/mol. The second kappa shape index (κ2) is 5.27. The molecule has 0 spiro atoms. The highest BCUT2D eigenvalue weighted by atomic mass is 16.4. The van der Waals surface area contributed by atoms with Crippen LogP contribution in [0.2, 0.25) is 0 Å². The topological polar surface area (TPSA) is 95.7 Å². The van der Waals surface area contributed by atoms with Crippen molar-refractivity contribution in [1.29, 1.82) is 0 Å². The molecule has 6 nitrogen and oxygen atoms in total. The van der Waals surface area contributed by atoms with E-state index >= 15 is 0 Å². The van der Waals surface area contributed by atoms with Crippen LogP contribution < -0.4 is 16.0 Å². The smallest absolute Gasteiger partial charge is 0.304 e. The minimum Gasteiger partial charge on any atom is -0.481 e. The number of hydrogen-bond donors (Lipinski definition) is 3. The lowest BCUT2D eigenvalue weighted by Gasteiger charge is -2.14. The van der Waals surface area contributed by atoms with Gasteiger partial charge in [0, 0.05) is 31.0 Å². The van der Waals surface area contributed by atoms with Crippen LogP contribution in [-0.4, -0.2) is 36.6 Å². The number of carbonyl (C=O) groups excluding carboxylic acids is 1. The summed E-state index contributed by atoms with van der Waals surface area (Å²) in [6.45, 7) is 0.384. The molecule has 0 radical (unpaired) electrons. The number of anilines is 2. The van der Waals surface area contributed by atoms with Crippen molar-refractivity contribution in [3.05, 3.63) is 23.8 Å². The third-order valence-electron chi connectivity index (χ3n) is 3.16. The molecular formula is C13H17N3O3. The predicted molar refractivity (Wildman–Crippen MR) is 72.3 cm³/mol. The van der Waals surface area contributed by atoms with Crippen molar-refractivity contribution in [2.75, 3.05) is 23.8 Å². The summed E-state index contributed by atoms with van der Waals surface area (Å²) < 4.78 is 0. The summed E-state index contributed by atoms with van der Waals surface area (Å²) in [6, 6.07) is 5.21. The SMILES string of the molecule is CN1C(=O)Cc2cc(NCC(N)CC(=O)O)ccc21. The molecule has 0 saturated carbocycles. The summed E-state index contributed by atoms with van der Waals surface area (Å²) in [4.78, 5) is 23.7. The number of hydrogen-bond acceptors (Lipinski definition) is 4. The van der Waals surface area contributed by atoms with Crippen LogP contribution in [0.5, 0.6) is 0 Å². The third kappa shape index (κ3) is 3.03. The number of likely N-dealkylation sites (N-methyl/N-ethyl adjacent to an activating group) is 1. The second-order valence-electron chi connectivity index (χ2n) is 4.71. The molecule has 4 N–H and O–H groups in total. The summed E-state index contributed by atoms with van der Waals surface area (Å²) in [6.07, 6.45) is 0.335. The number of carboxylic acid groups (broad SMARTS) is 1. The van der Waals surface area contributed by atoms with E-state index < -0.39 is 12.0 Å². The Morgan fingerprint density at radius 3 is 3.00 bits per heavy atom. The van der Waals surface area contributed by atoms with Gasteiger partial charge < -0.3 is 21.1 Å². The van der Waals surface area contributed by atoms with Crippen molar-refractivity contribution in [1.82, 2.24) is 0 Å². The standard InChI is InChI=1S/C13H17N3O3/c1-16-11-3-2-10(4-8(11)5-12(16)17)15-7-9(14)6-13(18)19/h2-4,9,15H,5-7,14H2,1H3,(H,18,19). The first-order valence-electron chi connectivity index (χ1n) is 6.08. The van der Waals surface area contributed by atoms with Crippen LogP contribution in [-0.2, 0) is 16.0 Å². The number of nitrogens with one attached hydrogen (secondary N) is 1. The molecule has 0 fully saturated rings. The average molecular weight is 263 g/mol. The maximum absolute atomic E-state index is 11.5. The largest absolute Gasteiger partial charge is 0.481 e. The maximum Gasteiger partial charge on any atom is 0.304 e. The number of nitrogens with zero attached hydrogens (tertiary/aromatic N) is 1. The van der Waals surface area contributed by atoms with Gasteiger partial charge in [0.25, 0.3) is 0 Å². The Balaban J connectivity index is 1.98. The molecule has 6 heteroatoms. The van der Waals surface area contributed by atoms with Crippen molar-refractivity contribution in [3.8, 4) is 0 Å². The van der Waals surface area contributed by atoms with Crippen molar-refractivity contribution < 1.29 is 14.7 Å².